The molecule has 2 unspecified atom stereocenters. The molecule has 1 fully saturated rings. The highest BCUT2D eigenvalue weighted by atomic mass is 15.3. The lowest BCUT2D eigenvalue weighted by atomic mass is 10.0. The minimum Gasteiger partial charge on any atom is -0.328 e. The summed E-state index contributed by atoms with van der Waals surface area (Å²) in [5.74, 6) is 0.665. The van der Waals surface area contributed by atoms with E-state index in [-0.39, 0.29) is 0 Å². The molecule has 1 aliphatic rings. The van der Waals surface area contributed by atoms with Crippen molar-refractivity contribution in [1.29, 1.82) is 0 Å². The zero-order valence-electron chi connectivity index (χ0n) is 9.56. The second kappa shape index (κ2) is 4.33. The number of likely N-dealkylation sites (tertiary alicyclic amines) is 1. The summed E-state index contributed by atoms with van der Waals surface area (Å²) in [6.45, 7) is 5.40. The van der Waals surface area contributed by atoms with E-state index in [0.29, 0.717) is 12.0 Å². The van der Waals surface area contributed by atoms with Crippen LogP contribution < -0.4 is 5.73 Å². The number of hydrogen-bond acceptors (Lipinski definition) is 3. The molecule has 0 aliphatic carbocycles. The van der Waals surface area contributed by atoms with Crippen LogP contribution in [-0.2, 0) is 13.6 Å². The molecular weight excluding hydrogens is 188 g/mol. The van der Waals surface area contributed by atoms with Gasteiger partial charge in [-0.05, 0) is 31.9 Å². The first-order valence-electron chi connectivity index (χ1n) is 5.61. The molecule has 1 aromatic heterocycles. The van der Waals surface area contributed by atoms with Crippen molar-refractivity contribution >= 4 is 0 Å². The van der Waals surface area contributed by atoms with Crippen LogP contribution in [0.1, 0.15) is 19.0 Å². The lowest BCUT2D eigenvalue weighted by Gasteiger charge is -2.17. The first-order valence-corrected chi connectivity index (χ1v) is 5.61. The van der Waals surface area contributed by atoms with Crippen LogP contribution in [0.25, 0.3) is 0 Å². The van der Waals surface area contributed by atoms with Gasteiger partial charge in [0.1, 0.15) is 0 Å². The molecule has 1 saturated heterocycles. The molecular formula is C11H20N4. The fourth-order valence-electron chi connectivity index (χ4n) is 2.22. The Morgan fingerprint density at radius 3 is 3.00 bits per heavy atom. The van der Waals surface area contributed by atoms with E-state index in [9.17, 15) is 0 Å². The molecule has 4 heteroatoms. The highest BCUT2D eigenvalue weighted by molar-refractivity contribution is 5.00. The summed E-state index contributed by atoms with van der Waals surface area (Å²) in [6.07, 6.45) is 3.09. The van der Waals surface area contributed by atoms with Gasteiger partial charge < -0.3 is 5.73 Å². The maximum Gasteiger partial charge on any atom is 0.0521 e. The van der Waals surface area contributed by atoms with Crippen LogP contribution in [0.4, 0.5) is 0 Å². The van der Waals surface area contributed by atoms with E-state index in [1.807, 2.05) is 17.9 Å². The fourth-order valence-corrected chi connectivity index (χ4v) is 2.22. The third-order valence-corrected chi connectivity index (χ3v) is 3.36. The summed E-state index contributed by atoms with van der Waals surface area (Å²) < 4.78 is 1.94. The van der Waals surface area contributed by atoms with Crippen molar-refractivity contribution in [3.63, 3.8) is 0 Å². The minimum absolute atomic E-state index is 0.321. The van der Waals surface area contributed by atoms with Crippen molar-refractivity contribution in [2.24, 2.45) is 18.7 Å². The van der Waals surface area contributed by atoms with Gasteiger partial charge >= 0.3 is 0 Å². The second-order valence-corrected chi connectivity index (χ2v) is 4.59. The van der Waals surface area contributed by atoms with Gasteiger partial charge in [-0.15, -0.1) is 0 Å². The SMILES string of the molecule is CC(N)C1CCN(Cc2ccnn2C)C1. The van der Waals surface area contributed by atoms with Gasteiger partial charge in [0.05, 0.1) is 5.69 Å². The number of nitrogens with two attached hydrogens (primary N) is 1. The topological polar surface area (TPSA) is 47.1 Å². The first kappa shape index (κ1) is 10.6. The lowest BCUT2D eigenvalue weighted by Crippen LogP contribution is -2.29. The highest BCUT2D eigenvalue weighted by Crippen LogP contribution is 2.20. The molecule has 15 heavy (non-hydrogen) atoms. The molecule has 0 amide bonds. The van der Waals surface area contributed by atoms with Crippen LogP contribution in [0.3, 0.4) is 0 Å². The second-order valence-electron chi connectivity index (χ2n) is 4.59. The van der Waals surface area contributed by atoms with Crippen molar-refractivity contribution in [2.75, 3.05) is 13.1 Å². The summed E-state index contributed by atoms with van der Waals surface area (Å²) in [5.41, 5.74) is 7.20. The Hall–Kier alpha value is -0.870. The summed E-state index contributed by atoms with van der Waals surface area (Å²) >= 11 is 0. The molecule has 2 heterocycles. The van der Waals surface area contributed by atoms with E-state index in [4.69, 9.17) is 5.73 Å². The molecule has 0 radical (unpaired) electrons. The van der Waals surface area contributed by atoms with Crippen LogP contribution in [0.5, 0.6) is 0 Å². The third kappa shape index (κ3) is 2.38. The minimum atomic E-state index is 0.321. The van der Waals surface area contributed by atoms with E-state index in [0.717, 1.165) is 19.6 Å². The zero-order valence-corrected chi connectivity index (χ0v) is 9.56. The van der Waals surface area contributed by atoms with E-state index >= 15 is 0 Å². The highest BCUT2D eigenvalue weighted by Gasteiger charge is 2.25. The Morgan fingerprint density at radius 1 is 1.67 bits per heavy atom. The molecule has 2 N–H and O–H groups in total. The fraction of sp³-hybridized carbons (Fsp3) is 0.727. The largest absolute Gasteiger partial charge is 0.328 e. The van der Waals surface area contributed by atoms with Crippen molar-refractivity contribution in [1.82, 2.24) is 14.7 Å². The number of hydrogen-bond donors (Lipinski definition) is 1. The van der Waals surface area contributed by atoms with E-state index in [1.54, 1.807) is 0 Å². The van der Waals surface area contributed by atoms with Gasteiger partial charge in [0.15, 0.2) is 0 Å². The van der Waals surface area contributed by atoms with Gasteiger partial charge in [-0.3, -0.25) is 9.58 Å². The van der Waals surface area contributed by atoms with Gasteiger partial charge in [0, 0.05) is 32.4 Å². The van der Waals surface area contributed by atoms with Crippen molar-refractivity contribution in [3.05, 3.63) is 18.0 Å². The van der Waals surface area contributed by atoms with Gasteiger partial charge in [0.2, 0.25) is 0 Å². The summed E-state index contributed by atoms with van der Waals surface area (Å²) in [7, 11) is 1.99. The van der Waals surface area contributed by atoms with E-state index in [2.05, 4.69) is 23.0 Å². The molecule has 0 saturated carbocycles. The Morgan fingerprint density at radius 2 is 2.47 bits per heavy atom. The third-order valence-electron chi connectivity index (χ3n) is 3.36. The predicted molar refractivity (Wildman–Crippen MR) is 60.2 cm³/mol. The van der Waals surface area contributed by atoms with Gasteiger partial charge in [-0.25, -0.2) is 0 Å². The van der Waals surface area contributed by atoms with Crippen molar-refractivity contribution in [2.45, 2.75) is 25.9 Å². The molecule has 2 atom stereocenters. The van der Waals surface area contributed by atoms with E-state index < -0.39 is 0 Å². The van der Waals surface area contributed by atoms with Gasteiger partial charge in [-0.2, -0.15) is 5.10 Å². The average molecular weight is 208 g/mol. The molecule has 84 valence electrons. The first-order chi connectivity index (χ1) is 7.16. The van der Waals surface area contributed by atoms with E-state index in [1.165, 1.54) is 12.1 Å². The normalized spacial score (nSPS) is 24.6. The summed E-state index contributed by atoms with van der Waals surface area (Å²) in [5, 5.41) is 4.18. The Bertz CT molecular complexity index is 318. The van der Waals surface area contributed by atoms with Crippen LogP contribution >= 0.6 is 0 Å². The molecule has 4 nitrogen and oxygen atoms in total. The van der Waals surface area contributed by atoms with Crippen LogP contribution in [0.15, 0.2) is 12.3 Å². The zero-order chi connectivity index (χ0) is 10.8. The molecule has 2 rings (SSSR count). The quantitative estimate of drug-likeness (QED) is 0.791. The molecule has 0 aromatic carbocycles. The van der Waals surface area contributed by atoms with Gasteiger partial charge in [0.25, 0.3) is 0 Å². The monoisotopic (exact) mass is 208 g/mol. The average Bonchev–Trinajstić information content (AvgIpc) is 2.77. The predicted octanol–water partition coefficient (Wildman–Crippen LogP) is 0.589. The Kier molecular flexibility index (Phi) is 3.07. The number of nitrogens with zero attached hydrogens (tertiary/aromatic N) is 3. The van der Waals surface area contributed by atoms with Crippen LogP contribution in [-0.4, -0.2) is 33.8 Å². The molecule has 1 aromatic rings. The summed E-state index contributed by atoms with van der Waals surface area (Å²) in [4.78, 5) is 2.46. The standard InChI is InChI=1S/C11H20N4/c1-9(12)10-4-6-15(7-10)8-11-3-5-13-14(11)2/h3,5,9-10H,4,6-8,12H2,1-2H3. The number of rotatable bonds is 3. The molecule has 1 aliphatic heterocycles. The molecule has 0 bridgehead atoms. The lowest BCUT2D eigenvalue weighted by molar-refractivity contribution is 0.300. The van der Waals surface area contributed by atoms with Gasteiger partial charge in [-0.1, -0.05) is 0 Å². The number of aromatic nitrogens is 2. The Balaban J connectivity index is 1.90. The maximum absolute atomic E-state index is 5.92. The summed E-state index contributed by atoms with van der Waals surface area (Å²) in [6, 6.07) is 2.40. The Labute approximate surface area is 91.1 Å². The van der Waals surface area contributed by atoms with Crippen LogP contribution in [0, 0.1) is 5.92 Å². The van der Waals surface area contributed by atoms with Crippen LogP contribution in [0.2, 0.25) is 0 Å². The van der Waals surface area contributed by atoms with Crippen molar-refractivity contribution in [3.8, 4) is 0 Å². The smallest absolute Gasteiger partial charge is 0.0521 e. The maximum atomic E-state index is 5.92. The van der Waals surface area contributed by atoms with Crippen molar-refractivity contribution < 1.29 is 0 Å². The number of aryl methyl sites for hydroxylation is 1. The molecule has 0 spiro atoms.